The van der Waals surface area contributed by atoms with Gasteiger partial charge in [0.2, 0.25) is 10.0 Å². The topological polar surface area (TPSA) is 104 Å². The zero-order valence-electron chi connectivity index (χ0n) is 13.7. The van der Waals surface area contributed by atoms with Crippen LogP contribution in [0.4, 0.5) is 4.39 Å². The fourth-order valence-electron chi connectivity index (χ4n) is 3.09. The van der Waals surface area contributed by atoms with Gasteiger partial charge in [0.15, 0.2) is 6.10 Å². The van der Waals surface area contributed by atoms with Crippen LogP contribution < -0.4 is 4.72 Å². The molecule has 26 heavy (non-hydrogen) atoms. The Kier molecular flexibility index (Phi) is 5.08. The lowest BCUT2D eigenvalue weighted by Crippen LogP contribution is -2.38. The van der Waals surface area contributed by atoms with E-state index in [0.717, 1.165) is 23.3 Å². The Morgan fingerprint density at radius 1 is 1.15 bits per heavy atom. The lowest BCUT2D eigenvalue weighted by Gasteiger charge is -2.26. The van der Waals surface area contributed by atoms with Crippen LogP contribution in [0.3, 0.4) is 0 Å². The van der Waals surface area contributed by atoms with E-state index >= 15 is 0 Å². The van der Waals surface area contributed by atoms with Crippen molar-refractivity contribution in [2.45, 2.75) is 36.3 Å². The third-order valence-electron chi connectivity index (χ3n) is 4.45. The van der Waals surface area contributed by atoms with Crippen LogP contribution in [0.2, 0.25) is 0 Å². The van der Waals surface area contributed by atoms with E-state index in [2.05, 4.69) is 4.72 Å². The van der Waals surface area contributed by atoms with Crippen LogP contribution in [0, 0.1) is 5.82 Å². The normalized spacial score (nSPS) is 18.2. The minimum atomic E-state index is -3.75. The average molecular weight is 379 g/mol. The predicted molar refractivity (Wildman–Crippen MR) is 91.6 cm³/mol. The Labute approximate surface area is 150 Å². The molecule has 0 saturated carbocycles. The molecule has 0 heterocycles. The van der Waals surface area contributed by atoms with Crippen LogP contribution in [-0.4, -0.2) is 30.6 Å². The number of benzene rings is 2. The number of fused-ring (bicyclic) bond motifs is 1. The number of aliphatic hydroxyl groups is 1. The first-order valence-corrected chi connectivity index (χ1v) is 9.55. The number of carboxylic acid groups (broad SMARTS) is 1. The van der Waals surface area contributed by atoms with Gasteiger partial charge in [0, 0.05) is 6.04 Å². The predicted octanol–water partition coefficient (Wildman–Crippen LogP) is 1.78. The molecule has 2 unspecified atom stereocenters. The summed E-state index contributed by atoms with van der Waals surface area (Å²) >= 11 is 0. The molecule has 0 aliphatic heterocycles. The highest BCUT2D eigenvalue weighted by Gasteiger charge is 2.25. The first-order valence-electron chi connectivity index (χ1n) is 8.07. The van der Waals surface area contributed by atoms with Crippen LogP contribution in [0.5, 0.6) is 0 Å². The van der Waals surface area contributed by atoms with Gasteiger partial charge in [-0.3, -0.25) is 0 Å². The quantitative estimate of drug-likeness (QED) is 0.735. The molecule has 0 spiro atoms. The standard InChI is InChI=1S/C18H18FNO5S/c19-14-4-7-16(8-5-14)26(24,25)20-15-6-3-11-9-13(17(21)18(22)23)2-1-12(11)10-15/h1-2,4-5,7-9,15,17,20-21H,3,6,10H2,(H,22,23). The summed E-state index contributed by atoms with van der Waals surface area (Å²) < 4.78 is 40.4. The van der Waals surface area contributed by atoms with Crippen LogP contribution in [0.25, 0.3) is 0 Å². The van der Waals surface area contributed by atoms with Gasteiger partial charge < -0.3 is 10.2 Å². The summed E-state index contributed by atoms with van der Waals surface area (Å²) in [5, 5.41) is 18.5. The summed E-state index contributed by atoms with van der Waals surface area (Å²) in [6.45, 7) is 0. The SMILES string of the molecule is O=C(O)C(O)c1ccc2c(c1)CCC(NS(=O)(=O)c1ccc(F)cc1)C2. The Morgan fingerprint density at radius 3 is 2.50 bits per heavy atom. The van der Waals surface area contributed by atoms with Crippen molar-refractivity contribution in [2.75, 3.05) is 0 Å². The average Bonchev–Trinajstić information content (AvgIpc) is 2.60. The number of aliphatic carboxylic acids is 1. The molecule has 3 N–H and O–H groups in total. The van der Waals surface area contributed by atoms with Gasteiger partial charge >= 0.3 is 5.97 Å². The lowest BCUT2D eigenvalue weighted by atomic mass is 9.87. The van der Waals surface area contributed by atoms with Crippen LogP contribution in [0.15, 0.2) is 47.4 Å². The third kappa shape index (κ3) is 3.92. The molecule has 2 aromatic rings. The van der Waals surface area contributed by atoms with Gasteiger partial charge in [0.05, 0.1) is 4.90 Å². The minimum absolute atomic E-state index is 0.00428. The molecule has 0 radical (unpaired) electrons. The van der Waals surface area contributed by atoms with E-state index in [-0.39, 0.29) is 10.9 Å². The van der Waals surface area contributed by atoms with Gasteiger partial charge in [0.25, 0.3) is 0 Å². The second-order valence-corrected chi connectivity index (χ2v) is 8.00. The molecular formula is C18H18FNO5S. The number of hydrogen-bond donors (Lipinski definition) is 3. The van der Waals surface area contributed by atoms with E-state index in [1.54, 1.807) is 12.1 Å². The van der Waals surface area contributed by atoms with Crippen LogP contribution in [0.1, 0.15) is 29.2 Å². The second-order valence-electron chi connectivity index (χ2n) is 6.28. The first-order chi connectivity index (χ1) is 12.3. The molecule has 0 aromatic heterocycles. The van der Waals surface area contributed by atoms with Crippen molar-refractivity contribution in [3.8, 4) is 0 Å². The molecule has 0 bridgehead atoms. The van der Waals surface area contributed by atoms with Gasteiger partial charge in [-0.15, -0.1) is 0 Å². The van der Waals surface area contributed by atoms with Crippen molar-refractivity contribution < 1.29 is 27.8 Å². The van der Waals surface area contributed by atoms with Crippen molar-refractivity contribution in [3.05, 3.63) is 65.0 Å². The summed E-state index contributed by atoms with van der Waals surface area (Å²) in [6, 6.07) is 9.22. The van der Waals surface area contributed by atoms with E-state index in [4.69, 9.17) is 5.11 Å². The Bertz CT molecular complexity index is 927. The number of halogens is 1. The van der Waals surface area contributed by atoms with Crippen molar-refractivity contribution in [2.24, 2.45) is 0 Å². The molecule has 6 nitrogen and oxygen atoms in total. The number of hydrogen-bond acceptors (Lipinski definition) is 4. The molecule has 2 aromatic carbocycles. The van der Waals surface area contributed by atoms with Crippen LogP contribution >= 0.6 is 0 Å². The van der Waals surface area contributed by atoms with Crippen molar-refractivity contribution in [1.82, 2.24) is 4.72 Å². The van der Waals surface area contributed by atoms with Gasteiger partial charge in [-0.05, 0) is 60.2 Å². The highest BCUT2D eigenvalue weighted by atomic mass is 32.2. The Morgan fingerprint density at radius 2 is 1.85 bits per heavy atom. The Balaban J connectivity index is 1.74. The molecule has 0 saturated heterocycles. The number of rotatable bonds is 5. The summed E-state index contributed by atoms with van der Waals surface area (Å²) in [5.74, 6) is -1.82. The highest BCUT2D eigenvalue weighted by molar-refractivity contribution is 7.89. The van der Waals surface area contributed by atoms with Gasteiger partial charge in [-0.2, -0.15) is 0 Å². The number of nitrogens with one attached hydrogen (secondary N) is 1. The van der Waals surface area contributed by atoms with E-state index < -0.39 is 27.9 Å². The van der Waals surface area contributed by atoms with E-state index in [9.17, 15) is 22.7 Å². The maximum absolute atomic E-state index is 13.0. The molecule has 3 rings (SSSR count). The van der Waals surface area contributed by atoms with Crippen molar-refractivity contribution in [1.29, 1.82) is 0 Å². The summed E-state index contributed by atoms with van der Waals surface area (Å²) in [4.78, 5) is 10.9. The molecule has 0 amide bonds. The van der Waals surface area contributed by atoms with Gasteiger partial charge in [-0.25, -0.2) is 22.3 Å². The summed E-state index contributed by atoms with van der Waals surface area (Å²) in [6.07, 6.45) is -0.0132. The molecule has 138 valence electrons. The fraction of sp³-hybridized carbons (Fsp3) is 0.278. The smallest absolute Gasteiger partial charge is 0.337 e. The number of aryl methyl sites for hydroxylation is 1. The lowest BCUT2D eigenvalue weighted by molar-refractivity contribution is -0.146. The number of aliphatic hydroxyl groups excluding tert-OH is 1. The monoisotopic (exact) mass is 379 g/mol. The third-order valence-corrected chi connectivity index (χ3v) is 5.99. The maximum atomic E-state index is 13.0. The van der Waals surface area contributed by atoms with E-state index in [0.29, 0.717) is 24.8 Å². The molecular weight excluding hydrogens is 361 g/mol. The van der Waals surface area contributed by atoms with E-state index in [1.807, 2.05) is 0 Å². The molecule has 2 atom stereocenters. The highest BCUT2D eigenvalue weighted by Crippen LogP contribution is 2.26. The van der Waals surface area contributed by atoms with Crippen molar-refractivity contribution in [3.63, 3.8) is 0 Å². The van der Waals surface area contributed by atoms with Gasteiger partial charge in [0.1, 0.15) is 5.82 Å². The number of carboxylic acids is 1. The summed E-state index contributed by atoms with van der Waals surface area (Å²) in [5.41, 5.74) is 2.12. The summed E-state index contributed by atoms with van der Waals surface area (Å²) in [7, 11) is -3.75. The van der Waals surface area contributed by atoms with Crippen molar-refractivity contribution >= 4 is 16.0 Å². The zero-order chi connectivity index (χ0) is 18.9. The number of carbonyl (C=O) groups is 1. The Hall–Kier alpha value is -2.29. The molecule has 0 fully saturated rings. The molecule has 1 aliphatic rings. The number of sulfonamides is 1. The van der Waals surface area contributed by atoms with Crippen LogP contribution in [-0.2, 0) is 27.7 Å². The maximum Gasteiger partial charge on any atom is 0.337 e. The minimum Gasteiger partial charge on any atom is -0.479 e. The second kappa shape index (κ2) is 7.14. The molecule has 1 aliphatic carbocycles. The zero-order valence-corrected chi connectivity index (χ0v) is 14.5. The fourth-order valence-corrected chi connectivity index (χ4v) is 4.36. The first kappa shape index (κ1) is 18.5. The van der Waals surface area contributed by atoms with E-state index in [1.165, 1.54) is 18.2 Å². The van der Waals surface area contributed by atoms with Gasteiger partial charge in [-0.1, -0.05) is 18.2 Å². The molecule has 8 heteroatoms. The largest absolute Gasteiger partial charge is 0.479 e.